The predicted molar refractivity (Wildman–Crippen MR) is 69.0 cm³/mol. The van der Waals surface area contributed by atoms with E-state index in [2.05, 4.69) is 15.4 Å². The first kappa shape index (κ1) is 12.0. The van der Waals surface area contributed by atoms with Crippen LogP contribution in [0.3, 0.4) is 0 Å². The molecule has 0 saturated carbocycles. The average molecular weight is 242 g/mol. The van der Waals surface area contributed by atoms with Gasteiger partial charge in [-0.05, 0) is 30.7 Å². The largest absolute Gasteiger partial charge is 0.323 e. The Morgan fingerprint density at radius 3 is 2.78 bits per heavy atom. The van der Waals surface area contributed by atoms with Gasteiger partial charge in [-0.1, -0.05) is 18.2 Å². The summed E-state index contributed by atoms with van der Waals surface area (Å²) in [6.45, 7) is 2.48. The lowest BCUT2D eigenvalue weighted by molar-refractivity contribution is -0.111. The van der Waals surface area contributed by atoms with E-state index in [4.69, 9.17) is 0 Å². The zero-order valence-corrected chi connectivity index (χ0v) is 10.1. The molecule has 1 amide bonds. The Labute approximate surface area is 105 Å². The quantitative estimate of drug-likeness (QED) is 0.832. The molecule has 0 bridgehead atoms. The van der Waals surface area contributed by atoms with E-state index in [0.717, 1.165) is 11.3 Å². The Hall–Kier alpha value is -2.43. The summed E-state index contributed by atoms with van der Waals surface area (Å²) in [5, 5.41) is 6.80. The summed E-state index contributed by atoms with van der Waals surface area (Å²) in [4.78, 5) is 15.2. The summed E-state index contributed by atoms with van der Waals surface area (Å²) in [5.41, 5.74) is 1.88. The van der Waals surface area contributed by atoms with Crippen LogP contribution in [0.2, 0.25) is 0 Å². The number of carbonyl (C=O) groups excluding carboxylic acids is 1. The average Bonchev–Trinajstić information content (AvgIpc) is 2.85. The van der Waals surface area contributed by atoms with Crippen LogP contribution in [0, 0.1) is 0 Å². The lowest BCUT2D eigenvalue weighted by Gasteiger charge is -2.04. The van der Waals surface area contributed by atoms with Crippen LogP contribution in [0.5, 0.6) is 0 Å². The van der Waals surface area contributed by atoms with Crippen molar-refractivity contribution in [1.82, 2.24) is 14.8 Å². The number of anilines is 1. The second-order valence-electron chi connectivity index (χ2n) is 3.78. The van der Waals surface area contributed by atoms with Crippen molar-refractivity contribution in [3.05, 3.63) is 54.6 Å². The van der Waals surface area contributed by atoms with Gasteiger partial charge in [-0.15, -0.1) is 0 Å². The van der Waals surface area contributed by atoms with Crippen LogP contribution >= 0.6 is 0 Å². The summed E-state index contributed by atoms with van der Waals surface area (Å²) >= 11 is 0. The molecule has 5 nitrogen and oxygen atoms in total. The summed E-state index contributed by atoms with van der Waals surface area (Å²) in [7, 11) is 0. The molecule has 0 aliphatic carbocycles. The number of aromatic nitrogens is 3. The second-order valence-corrected chi connectivity index (χ2v) is 3.78. The van der Waals surface area contributed by atoms with E-state index in [1.165, 1.54) is 12.4 Å². The first-order valence-electron chi connectivity index (χ1n) is 5.63. The molecule has 1 aromatic heterocycles. The molecule has 0 spiro atoms. The van der Waals surface area contributed by atoms with Crippen LogP contribution in [-0.4, -0.2) is 20.7 Å². The van der Waals surface area contributed by atoms with Crippen molar-refractivity contribution in [2.45, 2.75) is 13.5 Å². The van der Waals surface area contributed by atoms with E-state index < -0.39 is 0 Å². The van der Waals surface area contributed by atoms with Gasteiger partial charge in [-0.25, -0.2) is 9.67 Å². The number of benzene rings is 1. The van der Waals surface area contributed by atoms with Crippen molar-refractivity contribution < 1.29 is 4.79 Å². The molecule has 1 heterocycles. The Bertz CT molecular complexity index is 529. The van der Waals surface area contributed by atoms with Crippen LogP contribution in [0.25, 0.3) is 0 Å². The topological polar surface area (TPSA) is 59.8 Å². The highest BCUT2D eigenvalue weighted by Gasteiger charge is 1.99. The zero-order valence-electron chi connectivity index (χ0n) is 10.1. The lowest BCUT2D eigenvalue weighted by atomic mass is 10.2. The summed E-state index contributed by atoms with van der Waals surface area (Å²) in [6, 6.07) is 7.64. The van der Waals surface area contributed by atoms with Crippen LogP contribution in [-0.2, 0) is 11.3 Å². The fourth-order valence-electron chi connectivity index (χ4n) is 1.53. The third-order valence-electron chi connectivity index (χ3n) is 2.35. The van der Waals surface area contributed by atoms with E-state index in [1.54, 1.807) is 24.0 Å². The molecule has 5 heteroatoms. The molecule has 0 fully saturated rings. The predicted octanol–water partition coefficient (Wildman–Crippen LogP) is 1.84. The van der Waals surface area contributed by atoms with Gasteiger partial charge in [-0.2, -0.15) is 5.10 Å². The Kier molecular flexibility index (Phi) is 3.86. The Balaban J connectivity index is 1.99. The SMILES string of the molecule is CC=CC(=O)Nc1ccc(Cn2cncn2)cc1. The Morgan fingerprint density at radius 1 is 1.39 bits per heavy atom. The van der Waals surface area contributed by atoms with E-state index in [9.17, 15) is 4.79 Å². The number of hydrogen-bond acceptors (Lipinski definition) is 3. The van der Waals surface area contributed by atoms with Gasteiger partial charge in [0.1, 0.15) is 12.7 Å². The maximum absolute atomic E-state index is 11.3. The molecular weight excluding hydrogens is 228 g/mol. The molecule has 0 atom stereocenters. The first-order valence-corrected chi connectivity index (χ1v) is 5.63. The normalized spacial score (nSPS) is 10.7. The van der Waals surface area contributed by atoms with Crippen molar-refractivity contribution in [1.29, 1.82) is 0 Å². The molecule has 0 radical (unpaired) electrons. The molecule has 0 unspecified atom stereocenters. The fraction of sp³-hybridized carbons (Fsp3) is 0.154. The van der Waals surface area contributed by atoms with Gasteiger partial charge in [0.2, 0.25) is 5.91 Å². The fourth-order valence-corrected chi connectivity index (χ4v) is 1.53. The van der Waals surface area contributed by atoms with Gasteiger partial charge in [-0.3, -0.25) is 4.79 Å². The molecular formula is C13H14N4O. The first-order chi connectivity index (χ1) is 8.78. The minimum atomic E-state index is -0.124. The van der Waals surface area contributed by atoms with E-state index in [1.807, 2.05) is 24.3 Å². The second kappa shape index (κ2) is 5.77. The minimum Gasteiger partial charge on any atom is -0.323 e. The van der Waals surface area contributed by atoms with Crippen LogP contribution in [0.4, 0.5) is 5.69 Å². The molecule has 1 N–H and O–H groups in total. The maximum Gasteiger partial charge on any atom is 0.248 e. The van der Waals surface area contributed by atoms with Crippen molar-refractivity contribution in [2.75, 3.05) is 5.32 Å². The molecule has 18 heavy (non-hydrogen) atoms. The molecule has 1 aromatic carbocycles. The van der Waals surface area contributed by atoms with Crippen LogP contribution < -0.4 is 5.32 Å². The third-order valence-corrected chi connectivity index (χ3v) is 2.35. The van der Waals surface area contributed by atoms with Gasteiger partial charge >= 0.3 is 0 Å². The molecule has 0 aliphatic rings. The standard InChI is InChI=1S/C13H14N4O/c1-2-3-13(18)16-12-6-4-11(5-7-12)8-17-10-14-9-15-17/h2-7,9-10H,8H2,1H3,(H,16,18). The monoisotopic (exact) mass is 242 g/mol. The van der Waals surface area contributed by atoms with E-state index in [0.29, 0.717) is 6.54 Å². The van der Waals surface area contributed by atoms with E-state index in [-0.39, 0.29) is 5.91 Å². The van der Waals surface area contributed by atoms with Crippen molar-refractivity contribution in [2.24, 2.45) is 0 Å². The molecule has 0 saturated heterocycles. The van der Waals surface area contributed by atoms with Gasteiger partial charge in [0.25, 0.3) is 0 Å². The third kappa shape index (κ3) is 3.28. The number of allylic oxidation sites excluding steroid dienone is 1. The van der Waals surface area contributed by atoms with Gasteiger partial charge < -0.3 is 5.32 Å². The molecule has 2 aromatic rings. The highest BCUT2D eigenvalue weighted by molar-refractivity contribution is 5.99. The number of rotatable bonds is 4. The Morgan fingerprint density at radius 2 is 2.17 bits per heavy atom. The summed E-state index contributed by atoms with van der Waals surface area (Å²) in [6.07, 6.45) is 6.37. The van der Waals surface area contributed by atoms with Crippen LogP contribution in [0.1, 0.15) is 12.5 Å². The van der Waals surface area contributed by atoms with Crippen molar-refractivity contribution in [3.8, 4) is 0 Å². The number of nitrogens with zero attached hydrogens (tertiary/aromatic N) is 3. The summed E-state index contributed by atoms with van der Waals surface area (Å²) in [5.74, 6) is -0.124. The smallest absolute Gasteiger partial charge is 0.248 e. The maximum atomic E-state index is 11.3. The number of carbonyl (C=O) groups is 1. The van der Waals surface area contributed by atoms with E-state index >= 15 is 0 Å². The molecule has 0 aliphatic heterocycles. The minimum absolute atomic E-state index is 0.124. The van der Waals surface area contributed by atoms with Gasteiger partial charge in [0.15, 0.2) is 0 Å². The lowest BCUT2D eigenvalue weighted by Crippen LogP contribution is -2.07. The number of nitrogens with one attached hydrogen (secondary N) is 1. The van der Waals surface area contributed by atoms with Crippen molar-refractivity contribution >= 4 is 11.6 Å². The highest BCUT2D eigenvalue weighted by atomic mass is 16.1. The number of amides is 1. The zero-order chi connectivity index (χ0) is 12.8. The molecule has 92 valence electrons. The highest BCUT2D eigenvalue weighted by Crippen LogP contribution is 2.10. The number of hydrogen-bond donors (Lipinski definition) is 1. The van der Waals surface area contributed by atoms with Gasteiger partial charge in [0, 0.05) is 5.69 Å². The van der Waals surface area contributed by atoms with Crippen molar-refractivity contribution in [3.63, 3.8) is 0 Å². The molecule has 2 rings (SSSR count). The van der Waals surface area contributed by atoms with Gasteiger partial charge in [0.05, 0.1) is 6.54 Å². The van der Waals surface area contributed by atoms with Crippen LogP contribution in [0.15, 0.2) is 49.1 Å². The summed E-state index contributed by atoms with van der Waals surface area (Å²) < 4.78 is 1.74.